The first kappa shape index (κ1) is 14.7. The number of nitrogens with zero attached hydrogens (tertiary/aromatic N) is 1. The van der Waals surface area contributed by atoms with Gasteiger partial charge in [-0.1, -0.05) is 29.8 Å². The number of anilines is 2. The van der Waals surface area contributed by atoms with Gasteiger partial charge in [-0.05, 0) is 43.7 Å². The molecular weight excluding hydrogens is 300 g/mol. The van der Waals surface area contributed by atoms with Crippen LogP contribution < -0.4 is 15.0 Å². The molecule has 0 aromatic heterocycles. The fraction of sp³-hybridized carbons (Fsp3) is 0.235. The molecule has 22 heavy (non-hydrogen) atoms. The van der Waals surface area contributed by atoms with Crippen LogP contribution in [0.25, 0.3) is 0 Å². The minimum absolute atomic E-state index is 0.0545. The number of carbonyl (C=O) groups is 1. The van der Waals surface area contributed by atoms with Gasteiger partial charge in [0.05, 0.1) is 12.2 Å². The van der Waals surface area contributed by atoms with Crippen molar-refractivity contribution in [2.75, 3.05) is 16.8 Å². The average Bonchev–Trinajstić information content (AvgIpc) is 2.50. The molecule has 1 heterocycles. The third-order valence-corrected chi connectivity index (χ3v) is 3.85. The summed E-state index contributed by atoms with van der Waals surface area (Å²) in [5, 5.41) is 3.52. The Morgan fingerprint density at radius 1 is 1.32 bits per heavy atom. The molecule has 4 nitrogen and oxygen atoms in total. The van der Waals surface area contributed by atoms with Crippen LogP contribution in [0.5, 0.6) is 5.75 Å². The number of benzene rings is 2. The summed E-state index contributed by atoms with van der Waals surface area (Å²) in [5.74, 6) is 0.721. The van der Waals surface area contributed by atoms with E-state index in [-0.39, 0.29) is 12.1 Å². The number of hydrogen-bond donors (Lipinski definition) is 1. The van der Waals surface area contributed by atoms with Gasteiger partial charge in [0.25, 0.3) is 0 Å². The molecule has 2 amide bonds. The summed E-state index contributed by atoms with van der Waals surface area (Å²) < 4.78 is 5.76. The Morgan fingerprint density at radius 3 is 2.91 bits per heavy atom. The number of para-hydroxylation sites is 2. The Kier molecular flexibility index (Phi) is 3.94. The minimum atomic E-state index is -0.187. The summed E-state index contributed by atoms with van der Waals surface area (Å²) in [6.45, 7) is 4.38. The first-order chi connectivity index (χ1) is 10.5. The van der Waals surface area contributed by atoms with E-state index >= 15 is 0 Å². The monoisotopic (exact) mass is 316 g/mol. The molecule has 1 atom stereocenters. The van der Waals surface area contributed by atoms with Crippen molar-refractivity contribution in [3.8, 4) is 5.75 Å². The number of rotatable bonds is 1. The maximum absolute atomic E-state index is 12.7. The number of ether oxygens (including phenoxy) is 1. The highest BCUT2D eigenvalue weighted by molar-refractivity contribution is 6.31. The standard InChI is InChI=1S/C17H17ClN2O2/c1-11-7-8-13(18)9-14(11)19-17(21)20-10-12(2)22-16-6-4-3-5-15(16)20/h3-9,12H,10H2,1-2H3,(H,19,21)/t12-/m1/s1. The zero-order valence-electron chi connectivity index (χ0n) is 12.5. The van der Waals surface area contributed by atoms with E-state index in [9.17, 15) is 4.79 Å². The second-order valence-corrected chi connectivity index (χ2v) is 5.83. The van der Waals surface area contributed by atoms with E-state index in [1.807, 2.05) is 44.2 Å². The van der Waals surface area contributed by atoms with E-state index in [1.54, 1.807) is 17.0 Å². The van der Waals surface area contributed by atoms with Gasteiger partial charge >= 0.3 is 6.03 Å². The lowest BCUT2D eigenvalue weighted by Gasteiger charge is -2.33. The molecule has 0 fully saturated rings. The fourth-order valence-electron chi connectivity index (χ4n) is 2.49. The van der Waals surface area contributed by atoms with Crippen molar-refractivity contribution in [2.45, 2.75) is 20.0 Å². The number of halogens is 1. The molecule has 0 spiro atoms. The van der Waals surface area contributed by atoms with E-state index in [2.05, 4.69) is 5.32 Å². The number of fused-ring (bicyclic) bond motifs is 1. The second-order valence-electron chi connectivity index (χ2n) is 5.40. The summed E-state index contributed by atoms with van der Waals surface area (Å²) in [6.07, 6.45) is -0.0545. The smallest absolute Gasteiger partial charge is 0.326 e. The van der Waals surface area contributed by atoms with Crippen LogP contribution in [0.15, 0.2) is 42.5 Å². The summed E-state index contributed by atoms with van der Waals surface area (Å²) in [6, 6.07) is 12.8. The fourth-order valence-corrected chi connectivity index (χ4v) is 2.67. The predicted octanol–water partition coefficient (Wildman–Crippen LogP) is 4.47. The Bertz CT molecular complexity index is 718. The van der Waals surface area contributed by atoms with Gasteiger partial charge in [0.2, 0.25) is 0 Å². The first-order valence-electron chi connectivity index (χ1n) is 7.15. The van der Waals surface area contributed by atoms with Gasteiger partial charge in [-0.15, -0.1) is 0 Å². The predicted molar refractivity (Wildman–Crippen MR) is 89.1 cm³/mol. The van der Waals surface area contributed by atoms with Gasteiger partial charge in [-0.25, -0.2) is 4.79 Å². The SMILES string of the molecule is Cc1ccc(Cl)cc1NC(=O)N1C[C@@H](C)Oc2ccccc21. The van der Waals surface area contributed by atoms with E-state index in [0.717, 1.165) is 17.0 Å². The van der Waals surface area contributed by atoms with Crippen molar-refractivity contribution in [1.82, 2.24) is 0 Å². The number of urea groups is 1. The Balaban J connectivity index is 1.88. The average molecular weight is 317 g/mol. The first-order valence-corrected chi connectivity index (χ1v) is 7.53. The maximum Gasteiger partial charge on any atom is 0.326 e. The van der Waals surface area contributed by atoms with E-state index in [4.69, 9.17) is 16.3 Å². The Hall–Kier alpha value is -2.20. The van der Waals surface area contributed by atoms with Gasteiger partial charge in [-0.3, -0.25) is 4.90 Å². The molecule has 0 saturated carbocycles. The molecule has 114 valence electrons. The largest absolute Gasteiger partial charge is 0.487 e. The normalized spacial score (nSPS) is 16.7. The number of carbonyl (C=O) groups excluding carboxylic acids is 1. The molecule has 5 heteroatoms. The van der Waals surface area contributed by atoms with E-state index < -0.39 is 0 Å². The van der Waals surface area contributed by atoms with Gasteiger partial charge in [0.15, 0.2) is 0 Å². The lowest BCUT2D eigenvalue weighted by molar-refractivity contribution is 0.208. The number of amides is 2. The molecule has 0 saturated heterocycles. The van der Waals surface area contributed by atoms with Crippen LogP contribution in [0.4, 0.5) is 16.2 Å². The van der Waals surface area contributed by atoms with Crippen molar-refractivity contribution < 1.29 is 9.53 Å². The lowest BCUT2D eigenvalue weighted by atomic mass is 10.2. The maximum atomic E-state index is 12.7. The molecular formula is C17H17ClN2O2. The highest BCUT2D eigenvalue weighted by Gasteiger charge is 2.27. The zero-order valence-corrected chi connectivity index (χ0v) is 13.2. The summed E-state index contributed by atoms with van der Waals surface area (Å²) in [7, 11) is 0. The van der Waals surface area contributed by atoms with Crippen molar-refractivity contribution in [2.24, 2.45) is 0 Å². The summed E-state index contributed by atoms with van der Waals surface area (Å²) in [5.41, 5.74) is 2.46. The third-order valence-electron chi connectivity index (χ3n) is 3.61. The molecule has 1 N–H and O–H groups in total. The molecule has 1 aliphatic heterocycles. The van der Waals surface area contributed by atoms with Crippen LogP contribution in [0.2, 0.25) is 5.02 Å². The highest BCUT2D eigenvalue weighted by atomic mass is 35.5. The van der Waals surface area contributed by atoms with E-state index in [0.29, 0.717) is 17.3 Å². The van der Waals surface area contributed by atoms with Gasteiger partial charge in [0.1, 0.15) is 11.9 Å². The third kappa shape index (κ3) is 2.88. The molecule has 2 aromatic carbocycles. The quantitative estimate of drug-likeness (QED) is 0.843. The van der Waals surface area contributed by atoms with Crippen LogP contribution in [-0.2, 0) is 0 Å². The number of hydrogen-bond acceptors (Lipinski definition) is 2. The molecule has 0 unspecified atom stereocenters. The molecule has 3 rings (SSSR count). The molecule has 1 aliphatic rings. The van der Waals surface area contributed by atoms with Gasteiger partial charge in [-0.2, -0.15) is 0 Å². The van der Waals surface area contributed by atoms with Crippen LogP contribution in [0.1, 0.15) is 12.5 Å². The Labute approximate surface area is 134 Å². The molecule has 0 radical (unpaired) electrons. The van der Waals surface area contributed by atoms with E-state index in [1.165, 1.54) is 0 Å². The summed E-state index contributed by atoms with van der Waals surface area (Å²) >= 11 is 6.01. The van der Waals surface area contributed by atoms with Crippen molar-refractivity contribution in [1.29, 1.82) is 0 Å². The second kappa shape index (κ2) is 5.89. The summed E-state index contributed by atoms with van der Waals surface area (Å²) in [4.78, 5) is 14.4. The van der Waals surface area contributed by atoms with Gasteiger partial charge in [0, 0.05) is 10.7 Å². The van der Waals surface area contributed by atoms with Crippen molar-refractivity contribution in [3.05, 3.63) is 53.1 Å². The number of nitrogens with one attached hydrogen (secondary N) is 1. The molecule has 0 bridgehead atoms. The van der Waals surface area contributed by atoms with Crippen LogP contribution >= 0.6 is 11.6 Å². The molecule has 2 aromatic rings. The zero-order chi connectivity index (χ0) is 15.7. The minimum Gasteiger partial charge on any atom is -0.487 e. The topological polar surface area (TPSA) is 41.6 Å². The molecule has 0 aliphatic carbocycles. The van der Waals surface area contributed by atoms with Gasteiger partial charge < -0.3 is 10.1 Å². The van der Waals surface area contributed by atoms with Crippen LogP contribution in [0.3, 0.4) is 0 Å². The highest BCUT2D eigenvalue weighted by Crippen LogP contribution is 2.33. The van der Waals surface area contributed by atoms with Crippen molar-refractivity contribution >= 4 is 29.0 Å². The lowest BCUT2D eigenvalue weighted by Crippen LogP contribution is -2.44. The van der Waals surface area contributed by atoms with Crippen LogP contribution in [-0.4, -0.2) is 18.7 Å². The van der Waals surface area contributed by atoms with Crippen molar-refractivity contribution in [3.63, 3.8) is 0 Å². The van der Waals surface area contributed by atoms with Crippen LogP contribution in [0, 0.1) is 6.92 Å². The Morgan fingerprint density at radius 2 is 2.09 bits per heavy atom. The number of aryl methyl sites for hydroxylation is 1.